The number of aliphatic hydroxyl groups is 2. The molecule has 6 aromatic rings. The number of aliphatic carboxylic acids is 2. The van der Waals surface area contributed by atoms with Crippen molar-refractivity contribution < 1.29 is 39.6 Å². The van der Waals surface area contributed by atoms with Gasteiger partial charge in [-0.05, 0) is 51.0 Å². The van der Waals surface area contributed by atoms with Gasteiger partial charge in [0.2, 0.25) is 11.8 Å². The van der Waals surface area contributed by atoms with Crippen molar-refractivity contribution in [2.45, 2.75) is 52.7 Å². The maximum atomic E-state index is 12.3. The summed E-state index contributed by atoms with van der Waals surface area (Å²) in [6.07, 6.45) is 0.216. The van der Waals surface area contributed by atoms with Gasteiger partial charge in [0.15, 0.2) is 12.2 Å². The maximum absolute atomic E-state index is 12.3. The number of pyridine rings is 2. The molecule has 6 rings (SSSR count). The van der Waals surface area contributed by atoms with Gasteiger partial charge in [-0.25, -0.2) is 19.6 Å². The minimum atomic E-state index is -2.27. The fourth-order valence-electron chi connectivity index (χ4n) is 5.49. The van der Waals surface area contributed by atoms with Crippen molar-refractivity contribution in [3.63, 3.8) is 0 Å². The van der Waals surface area contributed by atoms with Gasteiger partial charge in [-0.15, -0.1) is 0 Å². The van der Waals surface area contributed by atoms with Gasteiger partial charge in [-0.3, -0.25) is 9.59 Å². The molecular weight excluding hydrogens is 741 g/mol. The highest BCUT2D eigenvalue weighted by atomic mass is 24.3. The summed E-state index contributed by atoms with van der Waals surface area (Å²) in [5.41, 5.74) is 12.2. The highest BCUT2D eigenvalue weighted by Gasteiger charge is 2.29. The number of likely N-dealkylation sites (N-methyl/N-ethyl adjacent to an activating group) is 2. The summed E-state index contributed by atoms with van der Waals surface area (Å²) in [6, 6.07) is 24.6. The van der Waals surface area contributed by atoms with E-state index in [4.69, 9.17) is 30.4 Å². The van der Waals surface area contributed by atoms with Crippen LogP contribution in [0.3, 0.4) is 0 Å². The molecule has 0 aliphatic carbocycles. The van der Waals surface area contributed by atoms with Crippen LogP contribution in [0.25, 0.3) is 33.8 Å². The zero-order valence-corrected chi connectivity index (χ0v) is 32.8. The van der Waals surface area contributed by atoms with E-state index in [1.165, 1.54) is 11.1 Å². The van der Waals surface area contributed by atoms with Crippen molar-refractivity contribution in [1.29, 1.82) is 0 Å². The number of imidazole rings is 2. The Morgan fingerprint density at radius 2 is 0.842 bits per heavy atom. The number of aryl methyl sites for hydroxylation is 4. The normalized spacial score (nSPS) is 11.6. The predicted octanol–water partition coefficient (Wildman–Crippen LogP) is 3.46. The zero-order chi connectivity index (χ0) is 41.4. The SMILES string of the molecule is Cc1ccc(-c2nc3ccc(C)cn3c2CC(=O)N(C)C)cc1.Cc1ccc(-c2nc3ccc(C)cn3c2CC(=O)N(C)C)cc1.O=C(O)C(O)C(O)C(=O)O.[MgH2]. The molecule has 2 amide bonds. The number of hydrogen-bond donors (Lipinski definition) is 4. The summed E-state index contributed by atoms with van der Waals surface area (Å²) in [7, 11) is 7.12. The molecule has 2 atom stereocenters. The molecule has 4 heterocycles. The molecule has 4 aromatic heterocycles. The molecule has 0 fully saturated rings. The van der Waals surface area contributed by atoms with E-state index in [1.807, 2.05) is 59.3 Å². The van der Waals surface area contributed by atoms with Crippen LogP contribution in [-0.2, 0) is 32.0 Å². The van der Waals surface area contributed by atoms with Gasteiger partial charge in [0, 0.05) is 51.7 Å². The summed E-state index contributed by atoms with van der Waals surface area (Å²) < 4.78 is 4.07. The number of benzene rings is 2. The van der Waals surface area contributed by atoms with E-state index in [0.717, 1.165) is 56.3 Å². The molecule has 0 aliphatic rings. The van der Waals surface area contributed by atoms with Gasteiger partial charge in [-0.2, -0.15) is 0 Å². The van der Waals surface area contributed by atoms with Crippen molar-refractivity contribution >= 4 is 58.1 Å². The summed E-state index contributed by atoms with van der Waals surface area (Å²) in [5, 5.41) is 32.5. The largest absolute Gasteiger partial charge is 0.479 e. The fraction of sp³-hybridized carbons (Fsp3) is 0.286. The van der Waals surface area contributed by atoms with E-state index in [9.17, 15) is 19.2 Å². The smallest absolute Gasteiger partial charge is 0.335 e. The van der Waals surface area contributed by atoms with Crippen molar-refractivity contribution in [3.8, 4) is 22.5 Å². The lowest BCUT2D eigenvalue weighted by molar-refractivity contribution is -0.165. The monoisotopic (exact) mass is 790 g/mol. The van der Waals surface area contributed by atoms with E-state index in [1.54, 1.807) is 38.0 Å². The Morgan fingerprint density at radius 1 is 0.544 bits per heavy atom. The van der Waals surface area contributed by atoms with Gasteiger partial charge in [0.1, 0.15) is 11.3 Å². The zero-order valence-electron chi connectivity index (χ0n) is 32.8. The minimum Gasteiger partial charge on any atom is -0.479 e. The predicted molar refractivity (Wildman–Crippen MR) is 221 cm³/mol. The lowest BCUT2D eigenvalue weighted by Crippen LogP contribution is -2.39. The Balaban J connectivity index is 0.000000245. The lowest BCUT2D eigenvalue weighted by Gasteiger charge is -2.11. The van der Waals surface area contributed by atoms with Crippen molar-refractivity contribution in [2.24, 2.45) is 0 Å². The standard InChI is InChI=1S/2C19H21N3O.C4H6O6.Mg.2H/c2*1-13-5-8-15(9-6-13)19-16(11-18(23)21(3)4)22-12-14(2)7-10-17(22)20-19;5-1(3(7)8)2(6)4(9)10;;;/h2*5-10,12H,11H2,1-4H3;1-2,5-6H,(H,7,8)(H,9,10);;;. The number of carbonyl (C=O) groups excluding carboxylic acids is 2. The topological polar surface area (TPSA) is 190 Å². The Hall–Kier alpha value is -5.61. The average molecular weight is 791 g/mol. The van der Waals surface area contributed by atoms with Crippen molar-refractivity contribution in [2.75, 3.05) is 28.2 Å². The van der Waals surface area contributed by atoms with E-state index >= 15 is 0 Å². The highest BCUT2D eigenvalue weighted by molar-refractivity contribution is 5.83. The van der Waals surface area contributed by atoms with Gasteiger partial charge >= 0.3 is 35.0 Å². The summed E-state index contributed by atoms with van der Waals surface area (Å²) >= 11 is 0. The summed E-state index contributed by atoms with van der Waals surface area (Å²) in [4.78, 5) is 56.8. The number of fused-ring (bicyclic) bond motifs is 2. The molecule has 298 valence electrons. The number of aliphatic hydroxyl groups excluding tert-OH is 2. The molecule has 4 N–H and O–H groups in total. The van der Waals surface area contributed by atoms with Crippen LogP contribution in [0, 0.1) is 27.7 Å². The number of aromatic nitrogens is 4. The van der Waals surface area contributed by atoms with Crippen LogP contribution in [0.2, 0.25) is 0 Å². The molecule has 15 heteroatoms. The molecule has 0 radical (unpaired) electrons. The Bertz CT molecular complexity index is 2190. The molecular formula is C42H50MgN6O8. The van der Waals surface area contributed by atoms with Gasteiger partial charge in [-0.1, -0.05) is 71.8 Å². The van der Waals surface area contributed by atoms with Gasteiger partial charge < -0.3 is 39.0 Å². The number of carboxylic acid groups (broad SMARTS) is 2. The number of carbonyl (C=O) groups is 4. The van der Waals surface area contributed by atoms with E-state index in [-0.39, 0.29) is 34.9 Å². The fourth-order valence-corrected chi connectivity index (χ4v) is 5.49. The Kier molecular flexibility index (Phi) is 16.1. The van der Waals surface area contributed by atoms with E-state index in [0.29, 0.717) is 12.8 Å². The molecule has 0 saturated carbocycles. The first-order chi connectivity index (χ1) is 26.4. The number of hydrogen-bond acceptors (Lipinski definition) is 8. The van der Waals surface area contributed by atoms with Crippen LogP contribution in [0.15, 0.2) is 85.2 Å². The summed E-state index contributed by atoms with van der Waals surface area (Å²) in [6.45, 7) is 8.21. The number of nitrogens with zero attached hydrogens (tertiary/aromatic N) is 6. The molecule has 0 saturated heterocycles. The van der Waals surface area contributed by atoms with Crippen LogP contribution in [-0.4, -0.2) is 136 Å². The number of rotatable bonds is 9. The molecule has 14 nitrogen and oxygen atoms in total. The van der Waals surface area contributed by atoms with Gasteiger partial charge in [0.05, 0.1) is 35.6 Å². The minimum absolute atomic E-state index is 0. The van der Waals surface area contributed by atoms with Crippen LogP contribution in [0.1, 0.15) is 33.6 Å². The van der Waals surface area contributed by atoms with Crippen molar-refractivity contribution in [3.05, 3.63) is 119 Å². The van der Waals surface area contributed by atoms with E-state index in [2.05, 4.69) is 62.4 Å². The quantitative estimate of drug-likeness (QED) is 0.158. The second-order valence-corrected chi connectivity index (χ2v) is 13.9. The third kappa shape index (κ3) is 11.7. The number of carboxylic acids is 2. The molecule has 0 aliphatic heterocycles. The lowest BCUT2D eigenvalue weighted by atomic mass is 10.1. The second-order valence-electron chi connectivity index (χ2n) is 13.9. The molecule has 0 spiro atoms. The Labute approximate surface area is 347 Å². The highest BCUT2D eigenvalue weighted by Crippen LogP contribution is 2.27. The second kappa shape index (κ2) is 20.0. The number of amides is 2. The third-order valence-corrected chi connectivity index (χ3v) is 8.82. The van der Waals surface area contributed by atoms with Gasteiger partial charge in [0.25, 0.3) is 0 Å². The first-order valence-electron chi connectivity index (χ1n) is 17.7. The molecule has 2 unspecified atom stereocenters. The van der Waals surface area contributed by atoms with E-state index < -0.39 is 24.1 Å². The van der Waals surface area contributed by atoms with Crippen molar-refractivity contribution in [1.82, 2.24) is 28.6 Å². The molecule has 2 aromatic carbocycles. The van der Waals surface area contributed by atoms with Crippen LogP contribution in [0.5, 0.6) is 0 Å². The van der Waals surface area contributed by atoms with Crippen LogP contribution in [0.4, 0.5) is 0 Å². The average Bonchev–Trinajstić information content (AvgIpc) is 3.69. The third-order valence-electron chi connectivity index (χ3n) is 8.82. The Morgan fingerprint density at radius 3 is 1.12 bits per heavy atom. The van der Waals surface area contributed by atoms with Crippen LogP contribution < -0.4 is 0 Å². The molecule has 57 heavy (non-hydrogen) atoms. The first kappa shape index (κ1) is 45.8. The first-order valence-corrected chi connectivity index (χ1v) is 17.7. The molecule has 0 bridgehead atoms. The van der Waals surface area contributed by atoms with Crippen LogP contribution >= 0.6 is 0 Å². The maximum Gasteiger partial charge on any atom is 0.335 e. The summed E-state index contributed by atoms with van der Waals surface area (Å²) in [5.74, 6) is -3.40.